The smallest absolute Gasteiger partial charge is 0.243 e. The molecule has 1 heterocycles. The number of methoxy groups -OCH3 is 2. The summed E-state index contributed by atoms with van der Waals surface area (Å²) in [5, 5.41) is 0.198. The Morgan fingerprint density at radius 3 is 2.28 bits per heavy atom. The molecule has 0 bridgehead atoms. The van der Waals surface area contributed by atoms with Crippen LogP contribution in [-0.4, -0.2) is 77.0 Å². The van der Waals surface area contributed by atoms with Crippen LogP contribution in [0, 0.1) is 0 Å². The third-order valence-corrected chi connectivity index (χ3v) is 7.70. The average molecular weight is 482 g/mol. The Labute approximate surface area is 194 Å². The summed E-state index contributed by atoms with van der Waals surface area (Å²) in [6, 6.07) is 12.0. The van der Waals surface area contributed by atoms with Gasteiger partial charge in [-0.15, -0.1) is 0 Å². The summed E-state index contributed by atoms with van der Waals surface area (Å²) >= 11 is 6.10. The minimum absolute atomic E-state index is 0.0268. The summed E-state index contributed by atoms with van der Waals surface area (Å²) in [5.41, 5.74) is 0.983. The maximum atomic E-state index is 13.1. The molecule has 0 aliphatic carbocycles. The van der Waals surface area contributed by atoms with Crippen LogP contribution in [0.3, 0.4) is 0 Å². The van der Waals surface area contributed by atoms with Gasteiger partial charge in [0.1, 0.15) is 11.5 Å². The fourth-order valence-electron chi connectivity index (χ4n) is 3.66. The lowest BCUT2D eigenvalue weighted by Crippen LogP contribution is -2.51. The number of carbonyl (C=O) groups is 1. The number of hydrogen-bond donors (Lipinski definition) is 0. The molecule has 0 unspecified atom stereocenters. The van der Waals surface area contributed by atoms with E-state index < -0.39 is 10.0 Å². The third kappa shape index (κ3) is 5.11. The van der Waals surface area contributed by atoms with E-state index in [1.54, 1.807) is 18.9 Å². The molecule has 8 nitrogen and oxygen atoms in total. The topological polar surface area (TPSA) is 79.4 Å². The van der Waals surface area contributed by atoms with Crippen molar-refractivity contribution >= 4 is 33.2 Å². The van der Waals surface area contributed by atoms with Crippen LogP contribution in [0.5, 0.6) is 11.5 Å². The monoisotopic (exact) mass is 481 g/mol. The van der Waals surface area contributed by atoms with Crippen molar-refractivity contribution < 1.29 is 22.7 Å². The highest BCUT2D eigenvalue weighted by atomic mass is 35.5. The zero-order valence-electron chi connectivity index (χ0n) is 18.5. The first-order valence-corrected chi connectivity index (χ1v) is 12.1. The van der Waals surface area contributed by atoms with Gasteiger partial charge in [-0.2, -0.15) is 4.31 Å². The standard InChI is InChI=1S/C22H28ClN3O5S/c1-4-26(32(28,29)17-9-10-20(30-2)18(23)15-17)16-22(27)25-13-11-24(12-14-25)19-7-5-6-8-21(19)31-3/h5-10,15H,4,11-14,16H2,1-3H3. The molecule has 2 aromatic rings. The first kappa shape index (κ1) is 24.2. The number of piperazine rings is 1. The molecule has 0 aromatic heterocycles. The van der Waals surface area contributed by atoms with Gasteiger partial charge in [-0.25, -0.2) is 8.42 Å². The first-order chi connectivity index (χ1) is 15.3. The van der Waals surface area contributed by atoms with Crippen molar-refractivity contribution in [2.45, 2.75) is 11.8 Å². The lowest BCUT2D eigenvalue weighted by molar-refractivity contribution is -0.131. The summed E-state index contributed by atoms with van der Waals surface area (Å²) in [4.78, 5) is 16.8. The Morgan fingerprint density at radius 2 is 1.69 bits per heavy atom. The number of halogens is 1. The van der Waals surface area contributed by atoms with Crippen LogP contribution in [0.1, 0.15) is 6.92 Å². The lowest BCUT2D eigenvalue weighted by atomic mass is 10.2. The first-order valence-electron chi connectivity index (χ1n) is 10.3. The van der Waals surface area contributed by atoms with Crippen molar-refractivity contribution in [3.63, 3.8) is 0 Å². The van der Waals surface area contributed by atoms with Crippen molar-refractivity contribution in [2.24, 2.45) is 0 Å². The molecule has 10 heteroatoms. The predicted octanol–water partition coefficient (Wildman–Crippen LogP) is 2.72. The molecule has 0 saturated carbocycles. The lowest BCUT2D eigenvalue weighted by Gasteiger charge is -2.37. The van der Waals surface area contributed by atoms with Crippen LogP contribution in [0.25, 0.3) is 0 Å². The van der Waals surface area contributed by atoms with Gasteiger partial charge in [0.25, 0.3) is 0 Å². The molecule has 0 radical (unpaired) electrons. The fraction of sp³-hybridized carbons (Fsp3) is 0.409. The SMILES string of the molecule is CCN(CC(=O)N1CCN(c2ccccc2OC)CC1)S(=O)(=O)c1ccc(OC)c(Cl)c1. The number of likely N-dealkylation sites (N-methyl/N-ethyl adjacent to an activating group) is 1. The fourth-order valence-corrected chi connectivity index (χ4v) is 5.41. The predicted molar refractivity (Wildman–Crippen MR) is 124 cm³/mol. The van der Waals surface area contributed by atoms with E-state index in [-0.39, 0.29) is 28.9 Å². The molecule has 0 atom stereocenters. The Kier molecular flexibility index (Phi) is 7.86. The van der Waals surface area contributed by atoms with Crippen molar-refractivity contribution in [3.8, 4) is 11.5 Å². The van der Waals surface area contributed by atoms with E-state index in [9.17, 15) is 13.2 Å². The zero-order valence-corrected chi connectivity index (χ0v) is 20.0. The molecule has 1 fully saturated rings. The van der Waals surface area contributed by atoms with Gasteiger partial charge in [0, 0.05) is 32.7 Å². The van der Waals surface area contributed by atoms with Gasteiger partial charge in [0.2, 0.25) is 15.9 Å². The average Bonchev–Trinajstić information content (AvgIpc) is 2.82. The van der Waals surface area contributed by atoms with Crippen molar-refractivity contribution in [1.82, 2.24) is 9.21 Å². The largest absolute Gasteiger partial charge is 0.495 e. The normalized spacial score (nSPS) is 14.5. The number of amides is 1. The highest BCUT2D eigenvalue weighted by molar-refractivity contribution is 7.89. The molecular formula is C22H28ClN3O5S. The molecule has 3 rings (SSSR count). The van der Waals surface area contributed by atoms with E-state index in [0.717, 1.165) is 11.4 Å². The Bertz CT molecular complexity index is 1060. The Hall–Kier alpha value is -2.49. The number of anilines is 1. The Morgan fingerprint density at radius 1 is 1.03 bits per heavy atom. The van der Waals surface area contributed by atoms with E-state index in [4.69, 9.17) is 21.1 Å². The molecule has 1 aliphatic heterocycles. The number of nitrogens with zero attached hydrogens (tertiary/aromatic N) is 3. The summed E-state index contributed by atoms with van der Waals surface area (Å²) in [6.07, 6.45) is 0. The van der Waals surface area contributed by atoms with Crippen molar-refractivity contribution in [3.05, 3.63) is 47.5 Å². The van der Waals surface area contributed by atoms with Crippen molar-refractivity contribution in [2.75, 3.05) is 58.4 Å². The maximum Gasteiger partial charge on any atom is 0.243 e. The van der Waals surface area contributed by atoms with Gasteiger partial charge >= 0.3 is 0 Å². The number of hydrogen-bond acceptors (Lipinski definition) is 6. The quantitative estimate of drug-likeness (QED) is 0.576. The van der Waals surface area contributed by atoms with Gasteiger partial charge in [-0.3, -0.25) is 4.79 Å². The van der Waals surface area contributed by atoms with E-state index in [0.29, 0.717) is 31.9 Å². The van der Waals surface area contributed by atoms with E-state index in [2.05, 4.69) is 4.90 Å². The molecule has 1 saturated heterocycles. The van der Waals surface area contributed by atoms with Gasteiger partial charge in [-0.1, -0.05) is 30.7 Å². The van der Waals surface area contributed by atoms with Crippen LogP contribution < -0.4 is 14.4 Å². The molecule has 2 aromatic carbocycles. The highest BCUT2D eigenvalue weighted by Gasteiger charge is 2.29. The number of rotatable bonds is 8. The second kappa shape index (κ2) is 10.4. The van der Waals surface area contributed by atoms with Gasteiger partial charge < -0.3 is 19.3 Å². The Balaban J connectivity index is 1.66. The summed E-state index contributed by atoms with van der Waals surface area (Å²) < 4.78 is 37.8. The van der Waals surface area contributed by atoms with E-state index >= 15 is 0 Å². The molecule has 1 aliphatic rings. The molecule has 0 N–H and O–H groups in total. The number of sulfonamides is 1. The number of para-hydroxylation sites is 2. The third-order valence-electron chi connectivity index (χ3n) is 5.48. The van der Waals surface area contributed by atoms with Gasteiger partial charge in [0.05, 0.1) is 36.4 Å². The minimum Gasteiger partial charge on any atom is -0.495 e. The molecule has 32 heavy (non-hydrogen) atoms. The molecule has 174 valence electrons. The summed E-state index contributed by atoms with van der Waals surface area (Å²) in [7, 11) is -0.785. The number of carbonyl (C=O) groups excluding carboxylic acids is 1. The summed E-state index contributed by atoms with van der Waals surface area (Å²) in [6.45, 7) is 3.93. The maximum absolute atomic E-state index is 13.1. The van der Waals surface area contributed by atoms with Gasteiger partial charge in [0.15, 0.2) is 0 Å². The van der Waals surface area contributed by atoms with Gasteiger partial charge in [-0.05, 0) is 30.3 Å². The van der Waals surface area contributed by atoms with E-state index in [1.807, 2.05) is 24.3 Å². The van der Waals surface area contributed by atoms with Crippen LogP contribution >= 0.6 is 11.6 Å². The van der Waals surface area contributed by atoms with Crippen molar-refractivity contribution in [1.29, 1.82) is 0 Å². The second-order valence-corrected chi connectivity index (χ2v) is 9.61. The highest BCUT2D eigenvalue weighted by Crippen LogP contribution is 2.29. The molecule has 1 amide bonds. The van der Waals surface area contributed by atoms with Crippen LogP contribution in [0.4, 0.5) is 5.69 Å². The van der Waals surface area contributed by atoms with Crippen LogP contribution in [0.15, 0.2) is 47.4 Å². The van der Waals surface area contributed by atoms with Crippen LogP contribution in [-0.2, 0) is 14.8 Å². The van der Waals surface area contributed by atoms with E-state index in [1.165, 1.54) is 29.6 Å². The minimum atomic E-state index is -3.88. The number of ether oxygens (including phenoxy) is 2. The second-order valence-electron chi connectivity index (χ2n) is 7.27. The zero-order chi connectivity index (χ0) is 23.3. The molecule has 0 spiro atoms. The number of benzene rings is 2. The molecular weight excluding hydrogens is 454 g/mol. The summed E-state index contributed by atoms with van der Waals surface area (Å²) in [5.74, 6) is 0.945. The van der Waals surface area contributed by atoms with Crippen LogP contribution in [0.2, 0.25) is 5.02 Å².